The third-order valence-corrected chi connectivity index (χ3v) is 3.39. The van der Waals surface area contributed by atoms with Crippen molar-refractivity contribution in [2.45, 2.75) is 65.7 Å². The van der Waals surface area contributed by atoms with Gasteiger partial charge in [-0.15, -0.1) is 0 Å². The molecule has 1 nitrogen and oxygen atoms in total. The Balaban J connectivity index is 3.17. The number of hydrogen-bond acceptors (Lipinski definition) is 1. The van der Waals surface area contributed by atoms with Gasteiger partial charge in [-0.2, -0.15) is 0 Å². The summed E-state index contributed by atoms with van der Waals surface area (Å²) < 4.78 is 0. The van der Waals surface area contributed by atoms with Gasteiger partial charge in [0.05, 0.1) is 0 Å². The first-order valence-corrected chi connectivity index (χ1v) is 7.01. The first kappa shape index (κ1) is 14.9. The zero-order chi connectivity index (χ0) is 13.8. The Morgan fingerprint density at radius 2 is 1.83 bits per heavy atom. The van der Waals surface area contributed by atoms with Crippen molar-refractivity contribution in [1.29, 1.82) is 0 Å². The summed E-state index contributed by atoms with van der Waals surface area (Å²) in [5.41, 5.74) is 3.61. The highest BCUT2D eigenvalue weighted by Crippen LogP contribution is 2.29. The lowest BCUT2D eigenvalue weighted by Gasteiger charge is -2.24. The van der Waals surface area contributed by atoms with Crippen LogP contribution in [0.15, 0.2) is 18.2 Å². The van der Waals surface area contributed by atoms with E-state index in [0.29, 0.717) is 0 Å². The number of rotatable bonds is 5. The molecule has 0 aromatic heterocycles. The molecular formula is C17H26O. The molecule has 0 aliphatic rings. The van der Waals surface area contributed by atoms with E-state index in [2.05, 4.69) is 33.8 Å². The van der Waals surface area contributed by atoms with E-state index in [1.54, 1.807) is 6.92 Å². The number of carbonyl (C=O) groups is 1. The SMILES string of the molecule is CCCCCc1c(C(C)=O)cccc1C(C)(C)C. The van der Waals surface area contributed by atoms with Gasteiger partial charge in [-0.1, -0.05) is 58.7 Å². The normalized spacial score (nSPS) is 11.6. The number of unbranched alkanes of at least 4 members (excludes halogenated alkanes) is 2. The van der Waals surface area contributed by atoms with Gasteiger partial charge in [0, 0.05) is 5.56 Å². The smallest absolute Gasteiger partial charge is 0.160 e. The number of benzene rings is 1. The highest BCUT2D eigenvalue weighted by atomic mass is 16.1. The molecular weight excluding hydrogens is 220 g/mol. The van der Waals surface area contributed by atoms with Crippen molar-refractivity contribution in [1.82, 2.24) is 0 Å². The topological polar surface area (TPSA) is 17.1 Å². The van der Waals surface area contributed by atoms with Crippen LogP contribution in [0.5, 0.6) is 0 Å². The van der Waals surface area contributed by atoms with E-state index in [1.165, 1.54) is 30.4 Å². The van der Waals surface area contributed by atoms with Gasteiger partial charge in [-0.3, -0.25) is 4.79 Å². The van der Waals surface area contributed by atoms with Crippen molar-refractivity contribution >= 4 is 5.78 Å². The van der Waals surface area contributed by atoms with E-state index in [1.807, 2.05) is 12.1 Å². The van der Waals surface area contributed by atoms with Crippen LogP contribution < -0.4 is 0 Å². The molecule has 0 unspecified atom stereocenters. The summed E-state index contributed by atoms with van der Waals surface area (Å²) in [4.78, 5) is 11.8. The quantitative estimate of drug-likeness (QED) is 0.532. The number of carbonyl (C=O) groups excluding carboxylic acids is 1. The minimum atomic E-state index is 0.104. The maximum absolute atomic E-state index is 11.8. The van der Waals surface area contributed by atoms with E-state index in [4.69, 9.17) is 0 Å². The largest absolute Gasteiger partial charge is 0.295 e. The number of ketones is 1. The van der Waals surface area contributed by atoms with Gasteiger partial charge in [-0.25, -0.2) is 0 Å². The van der Waals surface area contributed by atoms with Crippen molar-refractivity contribution in [2.75, 3.05) is 0 Å². The van der Waals surface area contributed by atoms with E-state index in [0.717, 1.165) is 12.0 Å². The summed E-state index contributed by atoms with van der Waals surface area (Å²) in [6.45, 7) is 10.5. The van der Waals surface area contributed by atoms with Crippen molar-refractivity contribution in [3.8, 4) is 0 Å². The lowest BCUT2D eigenvalue weighted by Crippen LogP contribution is -2.16. The van der Waals surface area contributed by atoms with Crippen molar-refractivity contribution in [3.05, 3.63) is 34.9 Å². The first-order valence-electron chi connectivity index (χ1n) is 7.01. The maximum atomic E-state index is 11.8. The van der Waals surface area contributed by atoms with Crippen LogP contribution in [-0.4, -0.2) is 5.78 Å². The second-order valence-electron chi connectivity index (χ2n) is 6.09. The Morgan fingerprint density at radius 3 is 2.33 bits per heavy atom. The number of hydrogen-bond donors (Lipinski definition) is 0. The minimum Gasteiger partial charge on any atom is -0.295 e. The molecule has 0 spiro atoms. The molecule has 18 heavy (non-hydrogen) atoms. The average Bonchev–Trinajstić information content (AvgIpc) is 2.27. The molecule has 1 aromatic carbocycles. The molecule has 0 heterocycles. The first-order chi connectivity index (χ1) is 8.38. The molecule has 100 valence electrons. The van der Waals surface area contributed by atoms with E-state index >= 15 is 0 Å². The van der Waals surface area contributed by atoms with Crippen LogP contribution in [0.3, 0.4) is 0 Å². The van der Waals surface area contributed by atoms with Crippen LogP contribution in [-0.2, 0) is 11.8 Å². The van der Waals surface area contributed by atoms with Gasteiger partial charge in [0.1, 0.15) is 0 Å². The van der Waals surface area contributed by atoms with Gasteiger partial charge >= 0.3 is 0 Å². The molecule has 1 aromatic rings. The fraction of sp³-hybridized carbons (Fsp3) is 0.588. The fourth-order valence-corrected chi connectivity index (χ4v) is 2.44. The summed E-state index contributed by atoms with van der Waals surface area (Å²) in [5.74, 6) is 0.188. The molecule has 1 rings (SSSR count). The molecule has 0 saturated carbocycles. The fourth-order valence-electron chi connectivity index (χ4n) is 2.44. The lowest BCUT2D eigenvalue weighted by atomic mass is 9.80. The maximum Gasteiger partial charge on any atom is 0.160 e. The van der Waals surface area contributed by atoms with Crippen LogP contribution in [0, 0.1) is 0 Å². The Hall–Kier alpha value is -1.11. The summed E-state index contributed by atoms with van der Waals surface area (Å²) in [6.07, 6.45) is 4.64. The molecule has 0 N–H and O–H groups in total. The second kappa shape index (κ2) is 6.17. The number of Topliss-reactive ketones (excluding diaryl/α,β-unsaturated/α-hetero) is 1. The second-order valence-corrected chi connectivity index (χ2v) is 6.09. The predicted octanol–water partition coefficient (Wildman–Crippen LogP) is 4.92. The Kier molecular flexibility index (Phi) is 5.13. The molecule has 0 aliphatic carbocycles. The molecule has 0 bridgehead atoms. The Labute approximate surface area is 112 Å². The Bertz CT molecular complexity index is 410. The van der Waals surface area contributed by atoms with Gasteiger partial charge < -0.3 is 0 Å². The molecule has 0 aliphatic heterocycles. The van der Waals surface area contributed by atoms with Crippen LogP contribution in [0.4, 0.5) is 0 Å². The van der Waals surface area contributed by atoms with Crippen LogP contribution in [0.2, 0.25) is 0 Å². The molecule has 0 saturated heterocycles. The van der Waals surface area contributed by atoms with Gasteiger partial charge in [-0.05, 0) is 36.3 Å². The van der Waals surface area contributed by atoms with Crippen LogP contribution >= 0.6 is 0 Å². The monoisotopic (exact) mass is 246 g/mol. The Morgan fingerprint density at radius 1 is 1.17 bits per heavy atom. The molecule has 0 amide bonds. The zero-order valence-corrected chi connectivity index (χ0v) is 12.5. The van der Waals surface area contributed by atoms with Gasteiger partial charge in [0.2, 0.25) is 0 Å². The van der Waals surface area contributed by atoms with Crippen LogP contribution in [0.1, 0.15) is 75.4 Å². The van der Waals surface area contributed by atoms with Gasteiger partial charge in [0.15, 0.2) is 5.78 Å². The molecule has 0 fully saturated rings. The van der Waals surface area contributed by atoms with Crippen molar-refractivity contribution in [2.24, 2.45) is 0 Å². The van der Waals surface area contributed by atoms with E-state index in [-0.39, 0.29) is 11.2 Å². The minimum absolute atomic E-state index is 0.104. The highest BCUT2D eigenvalue weighted by molar-refractivity contribution is 5.96. The third kappa shape index (κ3) is 3.69. The third-order valence-electron chi connectivity index (χ3n) is 3.39. The van der Waals surface area contributed by atoms with Crippen molar-refractivity contribution < 1.29 is 4.79 Å². The summed E-state index contributed by atoms with van der Waals surface area (Å²) in [5, 5.41) is 0. The van der Waals surface area contributed by atoms with Crippen LogP contribution in [0.25, 0.3) is 0 Å². The summed E-state index contributed by atoms with van der Waals surface area (Å²) in [7, 11) is 0. The highest BCUT2D eigenvalue weighted by Gasteiger charge is 2.20. The molecule has 1 heteroatoms. The predicted molar refractivity (Wildman–Crippen MR) is 78.4 cm³/mol. The van der Waals surface area contributed by atoms with Crippen molar-refractivity contribution in [3.63, 3.8) is 0 Å². The zero-order valence-electron chi connectivity index (χ0n) is 12.5. The molecule has 0 atom stereocenters. The molecule has 0 radical (unpaired) electrons. The standard InChI is InChI=1S/C17H26O/c1-6-7-8-10-15-14(13(2)18)11-9-12-16(15)17(3,4)5/h9,11-12H,6-8,10H2,1-5H3. The summed E-state index contributed by atoms with van der Waals surface area (Å²) in [6, 6.07) is 6.16. The average molecular weight is 246 g/mol. The van der Waals surface area contributed by atoms with E-state index < -0.39 is 0 Å². The lowest BCUT2D eigenvalue weighted by molar-refractivity contribution is 0.101. The van der Waals surface area contributed by atoms with E-state index in [9.17, 15) is 4.79 Å². The van der Waals surface area contributed by atoms with Gasteiger partial charge in [0.25, 0.3) is 0 Å². The summed E-state index contributed by atoms with van der Waals surface area (Å²) >= 11 is 0.